The van der Waals surface area contributed by atoms with Crippen LogP contribution in [0.3, 0.4) is 0 Å². The van der Waals surface area contributed by atoms with Crippen molar-refractivity contribution in [1.29, 1.82) is 0 Å². The quantitative estimate of drug-likeness (QED) is 0.0963. The summed E-state index contributed by atoms with van der Waals surface area (Å²) in [7, 11) is -4.73. The Balaban J connectivity index is 1.32. The van der Waals surface area contributed by atoms with Gasteiger partial charge in [0.2, 0.25) is 0 Å². The summed E-state index contributed by atoms with van der Waals surface area (Å²) < 4.78 is 37.8. The van der Waals surface area contributed by atoms with Gasteiger partial charge in [-0.15, -0.1) is 0 Å². The molecule has 320 valence electrons. The van der Waals surface area contributed by atoms with Gasteiger partial charge in [0.15, 0.2) is 0 Å². The molecule has 0 amide bonds. The zero-order valence-corrected chi connectivity index (χ0v) is 37.9. The van der Waals surface area contributed by atoms with Crippen LogP contribution in [0.15, 0.2) is 218 Å². The van der Waals surface area contributed by atoms with Crippen LogP contribution >= 0.6 is 7.82 Å². The van der Waals surface area contributed by atoms with E-state index >= 15 is 4.57 Å². The Kier molecular flexibility index (Phi) is 12.9. The smallest absolute Gasteiger partial charge is 0.385 e. The Bertz CT molecular complexity index is 2730. The van der Waals surface area contributed by atoms with E-state index < -0.39 is 7.82 Å². The Morgan fingerprint density at radius 3 is 0.677 bits per heavy atom. The molecular formula is C60H51O4P. The Labute approximate surface area is 383 Å². The average molecular weight is 867 g/mol. The van der Waals surface area contributed by atoms with Gasteiger partial charge in [0, 0.05) is 16.7 Å². The maximum Gasteiger partial charge on any atom is 0.647 e. The van der Waals surface area contributed by atoms with Crippen LogP contribution in [-0.4, -0.2) is 0 Å². The van der Waals surface area contributed by atoms with Crippen LogP contribution in [0.2, 0.25) is 0 Å². The third-order valence-electron chi connectivity index (χ3n) is 11.9. The molecule has 0 unspecified atom stereocenters. The molecule has 0 saturated carbocycles. The molecule has 9 rings (SSSR count). The molecule has 0 bridgehead atoms. The van der Waals surface area contributed by atoms with Crippen LogP contribution in [0.5, 0.6) is 17.2 Å². The third kappa shape index (κ3) is 9.05. The molecule has 0 atom stereocenters. The van der Waals surface area contributed by atoms with E-state index in [1.54, 1.807) is 0 Å². The molecule has 0 radical (unpaired) electrons. The van der Waals surface area contributed by atoms with Gasteiger partial charge in [-0.3, -0.25) is 0 Å². The zero-order chi connectivity index (χ0) is 44.6. The number of phosphoric acid groups is 1. The van der Waals surface area contributed by atoms with Crippen LogP contribution in [0.1, 0.15) is 37.5 Å². The summed E-state index contributed by atoms with van der Waals surface area (Å²) in [5, 5.41) is 0. The number of hydrogen-bond acceptors (Lipinski definition) is 4. The lowest BCUT2D eigenvalue weighted by atomic mass is 9.89. The molecule has 0 N–H and O–H groups in total. The van der Waals surface area contributed by atoms with E-state index in [-0.39, 0.29) is 0 Å². The molecule has 5 heteroatoms. The van der Waals surface area contributed by atoms with Crippen molar-refractivity contribution in [3.63, 3.8) is 0 Å². The normalized spacial score (nSPS) is 11.2. The van der Waals surface area contributed by atoms with Crippen molar-refractivity contribution < 1.29 is 18.1 Å². The highest BCUT2D eigenvalue weighted by molar-refractivity contribution is 7.49. The summed E-state index contributed by atoms with van der Waals surface area (Å²) in [5.74, 6) is 1.13. The van der Waals surface area contributed by atoms with Crippen molar-refractivity contribution in [1.82, 2.24) is 0 Å². The van der Waals surface area contributed by atoms with Crippen molar-refractivity contribution in [3.05, 3.63) is 235 Å². The highest BCUT2D eigenvalue weighted by Gasteiger charge is 2.38. The van der Waals surface area contributed by atoms with E-state index in [2.05, 4.69) is 112 Å². The van der Waals surface area contributed by atoms with Crippen LogP contribution in [0, 0.1) is 0 Å². The summed E-state index contributed by atoms with van der Waals surface area (Å²) in [6, 6.07) is 73.3. The van der Waals surface area contributed by atoms with Crippen molar-refractivity contribution in [2.75, 3.05) is 0 Å². The van der Waals surface area contributed by atoms with Crippen molar-refractivity contribution in [2.45, 2.75) is 40.0 Å². The molecule has 0 spiro atoms. The minimum Gasteiger partial charge on any atom is -0.385 e. The lowest BCUT2D eigenvalue weighted by molar-refractivity contribution is 0.299. The second-order valence-corrected chi connectivity index (χ2v) is 17.3. The molecule has 0 aliphatic carbocycles. The molecule has 0 aliphatic rings. The summed E-state index contributed by atoms with van der Waals surface area (Å²) >= 11 is 0. The maximum absolute atomic E-state index is 16.6. The molecule has 9 aromatic carbocycles. The van der Waals surface area contributed by atoms with E-state index in [0.717, 1.165) is 103 Å². The predicted octanol–water partition coefficient (Wildman–Crippen LogP) is 17.0. The first-order valence-electron chi connectivity index (χ1n) is 22.5. The van der Waals surface area contributed by atoms with Crippen LogP contribution in [0.25, 0.3) is 66.8 Å². The number of benzene rings is 9. The SMILES string of the molecule is CCc1ccc(OP(=O)(Oc2ccc(CC)c(-c3ccccc3)c2-c2ccccc2)Oc2ccc(CC)c(-c3ccccc3)c2-c2ccccc2)c(-c2ccccc2)c1-c1ccccc1. The van der Waals surface area contributed by atoms with Crippen molar-refractivity contribution in [2.24, 2.45) is 0 Å². The average Bonchev–Trinajstić information content (AvgIpc) is 3.37. The second kappa shape index (κ2) is 19.6. The molecule has 65 heavy (non-hydrogen) atoms. The number of aryl methyl sites for hydroxylation is 3. The van der Waals surface area contributed by atoms with E-state index in [1.807, 2.05) is 127 Å². The first-order valence-corrected chi connectivity index (χ1v) is 23.9. The molecule has 0 saturated heterocycles. The molecule has 0 aliphatic heterocycles. The van der Waals surface area contributed by atoms with E-state index in [4.69, 9.17) is 13.6 Å². The first kappa shape index (κ1) is 42.9. The fraction of sp³-hybridized carbons (Fsp3) is 0.100. The van der Waals surface area contributed by atoms with E-state index in [0.29, 0.717) is 17.2 Å². The predicted molar refractivity (Wildman–Crippen MR) is 270 cm³/mol. The lowest BCUT2D eigenvalue weighted by Gasteiger charge is -2.27. The Morgan fingerprint density at radius 1 is 0.277 bits per heavy atom. The zero-order valence-electron chi connectivity index (χ0n) is 37.0. The highest BCUT2D eigenvalue weighted by Crippen LogP contribution is 2.58. The molecule has 4 nitrogen and oxygen atoms in total. The summed E-state index contributed by atoms with van der Waals surface area (Å²) in [4.78, 5) is 0. The second-order valence-electron chi connectivity index (χ2n) is 15.9. The monoisotopic (exact) mass is 866 g/mol. The van der Waals surface area contributed by atoms with Gasteiger partial charge >= 0.3 is 7.82 Å². The van der Waals surface area contributed by atoms with Crippen LogP contribution in [-0.2, 0) is 23.8 Å². The fourth-order valence-electron chi connectivity index (χ4n) is 8.89. The molecule has 9 aromatic rings. The minimum atomic E-state index is -4.73. The molecule has 0 fully saturated rings. The third-order valence-corrected chi connectivity index (χ3v) is 13.2. The summed E-state index contributed by atoms with van der Waals surface area (Å²) in [5.41, 5.74) is 14.6. The van der Waals surface area contributed by atoms with Gasteiger partial charge in [-0.05, 0) is 104 Å². The lowest BCUT2D eigenvalue weighted by Crippen LogP contribution is -2.11. The van der Waals surface area contributed by atoms with Crippen LogP contribution < -0.4 is 13.6 Å². The number of rotatable bonds is 15. The van der Waals surface area contributed by atoms with Crippen molar-refractivity contribution >= 4 is 7.82 Å². The van der Waals surface area contributed by atoms with Crippen molar-refractivity contribution in [3.8, 4) is 84.0 Å². The Morgan fingerprint density at radius 2 is 0.477 bits per heavy atom. The van der Waals surface area contributed by atoms with Gasteiger partial charge in [-0.25, -0.2) is 0 Å². The first-order chi connectivity index (χ1) is 32.0. The van der Waals surface area contributed by atoms with Gasteiger partial charge in [-0.2, -0.15) is 4.57 Å². The van der Waals surface area contributed by atoms with Gasteiger partial charge in [-0.1, -0.05) is 221 Å². The van der Waals surface area contributed by atoms with Crippen LogP contribution in [0.4, 0.5) is 0 Å². The topological polar surface area (TPSA) is 44.8 Å². The van der Waals surface area contributed by atoms with Gasteiger partial charge in [0.05, 0.1) is 0 Å². The standard InChI is InChI=1S/C60H51O4P/c1-4-43-37-40-52(58(49-31-19-10-20-32-49)55(43)46-25-13-7-14-26-46)62-65(61,63-53-41-38-44(5-2)56(47-27-15-8-16-28-47)59(53)50-33-21-11-22-34-50)64-54-42-39-45(6-3)57(48-29-17-9-18-30-48)60(54)51-35-23-12-24-36-51/h7-42H,4-6H2,1-3H3. The van der Waals surface area contributed by atoms with Gasteiger partial charge in [0.25, 0.3) is 0 Å². The molecular weight excluding hydrogens is 816 g/mol. The van der Waals surface area contributed by atoms with Gasteiger partial charge < -0.3 is 13.6 Å². The summed E-state index contributed by atoms with van der Waals surface area (Å²) in [6.07, 6.45) is 2.32. The highest BCUT2D eigenvalue weighted by atomic mass is 31.2. The number of phosphoric ester groups is 1. The molecule has 0 heterocycles. The van der Waals surface area contributed by atoms with Gasteiger partial charge in [0.1, 0.15) is 17.2 Å². The summed E-state index contributed by atoms with van der Waals surface area (Å²) in [6.45, 7) is 6.46. The largest absolute Gasteiger partial charge is 0.647 e. The van der Waals surface area contributed by atoms with E-state index in [9.17, 15) is 0 Å². The Hall–Kier alpha value is -7.39. The molecule has 0 aromatic heterocycles. The van der Waals surface area contributed by atoms with E-state index in [1.165, 1.54) is 0 Å². The minimum absolute atomic E-state index is 0.375. The number of hydrogen-bond donors (Lipinski definition) is 0. The maximum atomic E-state index is 16.6. The fourth-order valence-corrected chi connectivity index (χ4v) is 10.2.